The summed E-state index contributed by atoms with van der Waals surface area (Å²) in [7, 11) is 0. The topological polar surface area (TPSA) is 97.8 Å². The minimum atomic E-state index is -1.46. The van der Waals surface area contributed by atoms with Gasteiger partial charge < -0.3 is 24.7 Å². The molecule has 0 bridgehead atoms. The quantitative estimate of drug-likeness (QED) is 0.381. The number of nitrogens with zero attached hydrogens (tertiary/aromatic N) is 1. The van der Waals surface area contributed by atoms with Crippen LogP contribution >= 0.6 is 0 Å². The molecular weight excluding hydrogens is 470 g/mol. The second-order valence-electron chi connectivity index (χ2n) is 8.53. The molecule has 7 nitrogen and oxygen atoms in total. The Morgan fingerprint density at radius 1 is 1.08 bits per heavy atom. The Balaban J connectivity index is 1.78. The first-order chi connectivity index (χ1) is 17.2. The van der Waals surface area contributed by atoms with E-state index in [1.165, 1.54) is 43.5 Å². The highest BCUT2D eigenvalue weighted by Crippen LogP contribution is 2.31. The zero-order chi connectivity index (χ0) is 26.3. The summed E-state index contributed by atoms with van der Waals surface area (Å²) >= 11 is 0. The lowest BCUT2D eigenvalue weighted by Gasteiger charge is -2.30. The third-order valence-corrected chi connectivity index (χ3v) is 5.64. The van der Waals surface area contributed by atoms with Gasteiger partial charge in [-0.1, -0.05) is 24.3 Å². The monoisotopic (exact) mass is 498 g/mol. The van der Waals surface area contributed by atoms with Crippen molar-refractivity contribution in [2.24, 2.45) is 0 Å². The molecule has 9 heteroatoms. The summed E-state index contributed by atoms with van der Waals surface area (Å²) in [5.74, 6) is -2.33. The van der Waals surface area contributed by atoms with Gasteiger partial charge in [0.25, 0.3) is 5.91 Å². The van der Waals surface area contributed by atoms with Crippen molar-refractivity contribution in [1.29, 1.82) is 0 Å². The van der Waals surface area contributed by atoms with Crippen LogP contribution in [0.25, 0.3) is 0 Å². The maximum absolute atomic E-state index is 13.5. The van der Waals surface area contributed by atoms with Crippen LogP contribution in [-0.2, 0) is 9.53 Å². The number of ether oxygens (including phenoxy) is 2. The molecule has 0 fully saturated rings. The second kappa shape index (κ2) is 11.7. The van der Waals surface area contributed by atoms with E-state index < -0.39 is 40.9 Å². The first-order valence-corrected chi connectivity index (χ1v) is 11.4. The van der Waals surface area contributed by atoms with Crippen LogP contribution in [0.4, 0.5) is 8.78 Å². The van der Waals surface area contributed by atoms with Crippen molar-refractivity contribution in [1.82, 2.24) is 10.3 Å². The van der Waals surface area contributed by atoms with Gasteiger partial charge in [0, 0.05) is 18.2 Å². The minimum Gasteiger partial charge on any atom is -0.503 e. The van der Waals surface area contributed by atoms with Crippen molar-refractivity contribution in [2.45, 2.75) is 38.3 Å². The Bertz CT molecular complexity index is 1140. The molecule has 0 saturated carbocycles. The fraction of sp³-hybridized carbons (Fsp3) is 0.296. The van der Waals surface area contributed by atoms with Gasteiger partial charge in [0.1, 0.15) is 23.5 Å². The van der Waals surface area contributed by atoms with E-state index in [0.717, 1.165) is 11.1 Å². The average Bonchev–Trinajstić information content (AvgIpc) is 2.86. The van der Waals surface area contributed by atoms with Crippen LogP contribution in [0, 0.1) is 11.6 Å². The van der Waals surface area contributed by atoms with Crippen molar-refractivity contribution >= 4 is 12.2 Å². The van der Waals surface area contributed by atoms with Gasteiger partial charge in [-0.2, -0.15) is 0 Å². The lowest BCUT2D eigenvalue weighted by Crippen LogP contribution is -2.51. The summed E-state index contributed by atoms with van der Waals surface area (Å²) < 4.78 is 38.3. The molecule has 3 aromatic rings. The van der Waals surface area contributed by atoms with Gasteiger partial charge in [-0.05, 0) is 56.2 Å². The van der Waals surface area contributed by atoms with Crippen LogP contribution in [-0.4, -0.2) is 47.1 Å². The number of amides is 1. The second-order valence-corrected chi connectivity index (χ2v) is 8.53. The van der Waals surface area contributed by atoms with Gasteiger partial charge in [-0.25, -0.2) is 13.8 Å². The third-order valence-electron chi connectivity index (χ3n) is 5.64. The van der Waals surface area contributed by atoms with E-state index in [1.54, 1.807) is 38.1 Å². The molecule has 0 aliphatic heterocycles. The van der Waals surface area contributed by atoms with E-state index >= 15 is 0 Å². The fourth-order valence-corrected chi connectivity index (χ4v) is 3.77. The summed E-state index contributed by atoms with van der Waals surface area (Å²) in [6, 6.07) is 13.2. The summed E-state index contributed by atoms with van der Waals surface area (Å²) in [6.07, 6.45) is 1.29. The first kappa shape index (κ1) is 26.7. The molecule has 0 saturated heterocycles. The highest BCUT2D eigenvalue weighted by molar-refractivity contribution is 5.97. The summed E-state index contributed by atoms with van der Waals surface area (Å²) in [5.41, 5.74) is -0.293. The SMILES string of the molecule is CCOc1ccnc(C(=O)N[C@@](C)(C=O)CO[C@@H](C)C(c2ccc(F)cc2)c2ccc(F)cc2)c1O. The third kappa shape index (κ3) is 6.42. The minimum absolute atomic E-state index is 0.0942. The van der Waals surface area contributed by atoms with Crippen molar-refractivity contribution in [3.8, 4) is 11.5 Å². The zero-order valence-corrected chi connectivity index (χ0v) is 20.2. The molecule has 1 aromatic heterocycles. The Labute approximate surface area is 208 Å². The molecule has 2 atom stereocenters. The van der Waals surface area contributed by atoms with Gasteiger partial charge >= 0.3 is 0 Å². The number of aldehydes is 1. The zero-order valence-electron chi connectivity index (χ0n) is 20.2. The smallest absolute Gasteiger partial charge is 0.274 e. The average molecular weight is 499 g/mol. The van der Waals surface area contributed by atoms with Gasteiger partial charge in [0.05, 0.1) is 19.3 Å². The normalized spacial score (nSPS) is 13.6. The molecule has 0 unspecified atom stereocenters. The van der Waals surface area contributed by atoms with E-state index in [4.69, 9.17) is 9.47 Å². The highest BCUT2D eigenvalue weighted by atomic mass is 19.1. The Hall–Kier alpha value is -3.85. The highest BCUT2D eigenvalue weighted by Gasteiger charge is 2.32. The Kier molecular flexibility index (Phi) is 8.71. The van der Waals surface area contributed by atoms with Crippen LogP contribution < -0.4 is 10.1 Å². The molecule has 0 aliphatic carbocycles. The van der Waals surface area contributed by atoms with Crippen LogP contribution in [0.2, 0.25) is 0 Å². The number of aromatic hydroxyl groups is 1. The summed E-state index contributed by atoms with van der Waals surface area (Å²) in [4.78, 5) is 28.7. The van der Waals surface area contributed by atoms with E-state index in [0.29, 0.717) is 6.29 Å². The van der Waals surface area contributed by atoms with Crippen LogP contribution in [0.1, 0.15) is 48.3 Å². The number of carbonyl (C=O) groups is 2. The van der Waals surface area contributed by atoms with Gasteiger partial charge in [0.15, 0.2) is 17.2 Å². The van der Waals surface area contributed by atoms with E-state index in [1.807, 2.05) is 0 Å². The number of hydrogen-bond acceptors (Lipinski definition) is 6. The fourth-order valence-electron chi connectivity index (χ4n) is 3.77. The molecule has 1 heterocycles. The molecule has 3 rings (SSSR count). The molecule has 190 valence electrons. The van der Waals surface area contributed by atoms with Crippen molar-refractivity contribution < 1.29 is 33.0 Å². The number of carbonyl (C=O) groups excluding carboxylic acids is 2. The Morgan fingerprint density at radius 2 is 1.64 bits per heavy atom. The number of benzene rings is 2. The predicted octanol–water partition coefficient (Wildman–Crippen LogP) is 4.39. The number of hydrogen-bond donors (Lipinski definition) is 2. The number of halogens is 2. The molecule has 1 amide bonds. The summed E-state index contributed by atoms with van der Waals surface area (Å²) in [6.45, 7) is 5.03. The van der Waals surface area contributed by atoms with Gasteiger partial charge in [-0.15, -0.1) is 0 Å². The van der Waals surface area contributed by atoms with E-state index in [9.17, 15) is 23.5 Å². The number of nitrogens with one attached hydrogen (secondary N) is 1. The Morgan fingerprint density at radius 3 is 2.14 bits per heavy atom. The molecule has 2 N–H and O–H groups in total. The molecule has 0 spiro atoms. The number of pyridine rings is 1. The lowest BCUT2D eigenvalue weighted by molar-refractivity contribution is -0.115. The number of rotatable bonds is 11. The largest absolute Gasteiger partial charge is 0.503 e. The molecule has 0 radical (unpaired) electrons. The van der Waals surface area contributed by atoms with Crippen molar-refractivity contribution in [3.05, 3.63) is 89.2 Å². The van der Waals surface area contributed by atoms with Gasteiger partial charge in [0.2, 0.25) is 0 Å². The van der Waals surface area contributed by atoms with Crippen molar-refractivity contribution in [3.63, 3.8) is 0 Å². The van der Waals surface area contributed by atoms with Gasteiger partial charge in [-0.3, -0.25) is 4.79 Å². The number of aromatic nitrogens is 1. The standard InChI is InChI=1S/C27H28F2N2O5/c1-4-35-22-13-14-30-24(25(22)33)26(34)31-27(3,15-32)16-36-17(2)23(18-5-9-20(28)10-6-18)19-7-11-21(29)12-8-19/h5-15,17,23,33H,4,16H2,1-3H3,(H,31,34)/t17-,27-/m0/s1. The molecule has 36 heavy (non-hydrogen) atoms. The molecule has 0 aliphatic rings. The maximum Gasteiger partial charge on any atom is 0.274 e. The van der Waals surface area contributed by atoms with E-state index in [2.05, 4.69) is 10.3 Å². The molecular formula is C27H28F2N2O5. The molecule has 2 aromatic carbocycles. The maximum atomic E-state index is 13.5. The van der Waals surface area contributed by atoms with Crippen LogP contribution in [0.15, 0.2) is 60.8 Å². The summed E-state index contributed by atoms with van der Waals surface area (Å²) in [5, 5.41) is 12.9. The van der Waals surface area contributed by atoms with Crippen molar-refractivity contribution in [2.75, 3.05) is 13.2 Å². The first-order valence-electron chi connectivity index (χ1n) is 11.4. The van der Waals surface area contributed by atoms with E-state index in [-0.39, 0.29) is 24.7 Å². The predicted molar refractivity (Wildman–Crippen MR) is 129 cm³/mol. The lowest BCUT2D eigenvalue weighted by atomic mass is 9.87. The van der Waals surface area contributed by atoms with Crippen LogP contribution in [0.3, 0.4) is 0 Å². The van der Waals surface area contributed by atoms with Crippen LogP contribution in [0.5, 0.6) is 11.5 Å².